The van der Waals surface area contributed by atoms with E-state index < -0.39 is 16.5 Å². The van der Waals surface area contributed by atoms with E-state index >= 15 is 0 Å². The van der Waals surface area contributed by atoms with E-state index in [2.05, 4.69) is 0 Å². The standard InChI is InChI=1S/C13H17NO5/c1-13(2,3)19-12(15)9-5-6-10(8-18-4)11(7-9)14(16)17/h5-7H,8H2,1-4H3. The molecule has 0 saturated carbocycles. The van der Waals surface area contributed by atoms with Gasteiger partial charge in [-0.25, -0.2) is 4.79 Å². The summed E-state index contributed by atoms with van der Waals surface area (Å²) in [5.74, 6) is -0.584. The van der Waals surface area contributed by atoms with Gasteiger partial charge < -0.3 is 9.47 Å². The Morgan fingerprint density at radius 3 is 2.47 bits per heavy atom. The highest BCUT2D eigenvalue weighted by molar-refractivity contribution is 5.90. The summed E-state index contributed by atoms with van der Waals surface area (Å²) >= 11 is 0. The number of nitrogens with zero attached hydrogens (tertiary/aromatic N) is 1. The topological polar surface area (TPSA) is 78.7 Å². The fourth-order valence-corrected chi connectivity index (χ4v) is 1.48. The van der Waals surface area contributed by atoms with Gasteiger partial charge in [-0.1, -0.05) is 0 Å². The van der Waals surface area contributed by atoms with E-state index in [-0.39, 0.29) is 17.9 Å². The van der Waals surface area contributed by atoms with E-state index in [1.807, 2.05) is 0 Å². The molecule has 1 rings (SSSR count). The van der Waals surface area contributed by atoms with Crippen LogP contribution in [0.15, 0.2) is 18.2 Å². The summed E-state index contributed by atoms with van der Waals surface area (Å²) in [6, 6.07) is 4.21. The van der Waals surface area contributed by atoms with Crippen LogP contribution in [0.4, 0.5) is 5.69 Å². The van der Waals surface area contributed by atoms with E-state index in [0.717, 1.165) is 0 Å². The van der Waals surface area contributed by atoms with Gasteiger partial charge >= 0.3 is 5.97 Å². The van der Waals surface area contributed by atoms with Gasteiger partial charge in [0, 0.05) is 13.2 Å². The van der Waals surface area contributed by atoms with Gasteiger partial charge in [-0.3, -0.25) is 10.1 Å². The molecule has 0 radical (unpaired) electrons. The van der Waals surface area contributed by atoms with Gasteiger partial charge in [-0.15, -0.1) is 0 Å². The molecule has 6 heteroatoms. The maximum Gasteiger partial charge on any atom is 0.338 e. The first-order valence-electron chi connectivity index (χ1n) is 5.74. The van der Waals surface area contributed by atoms with Crippen molar-refractivity contribution < 1.29 is 19.2 Å². The molecule has 0 amide bonds. The normalized spacial score (nSPS) is 11.2. The molecule has 0 bridgehead atoms. The quantitative estimate of drug-likeness (QED) is 0.476. The molecule has 0 saturated heterocycles. The molecule has 104 valence electrons. The minimum absolute atomic E-state index is 0.116. The van der Waals surface area contributed by atoms with Crippen molar-refractivity contribution in [2.24, 2.45) is 0 Å². The first-order chi connectivity index (χ1) is 8.74. The highest BCUT2D eigenvalue weighted by Crippen LogP contribution is 2.22. The SMILES string of the molecule is COCc1ccc(C(=O)OC(C)(C)C)cc1[N+](=O)[O-]. The monoisotopic (exact) mass is 267 g/mol. The molecule has 0 heterocycles. The zero-order valence-corrected chi connectivity index (χ0v) is 11.4. The Bertz CT molecular complexity index is 490. The molecule has 0 aliphatic heterocycles. The number of esters is 1. The molecule has 0 spiro atoms. The van der Waals surface area contributed by atoms with Gasteiger partial charge in [0.1, 0.15) is 5.60 Å². The van der Waals surface area contributed by atoms with E-state index in [1.165, 1.54) is 25.3 Å². The Morgan fingerprint density at radius 1 is 1.37 bits per heavy atom. The van der Waals surface area contributed by atoms with Crippen LogP contribution >= 0.6 is 0 Å². The number of hydrogen-bond acceptors (Lipinski definition) is 5. The van der Waals surface area contributed by atoms with E-state index in [9.17, 15) is 14.9 Å². The molecule has 0 aliphatic carbocycles. The maximum atomic E-state index is 11.8. The molecule has 6 nitrogen and oxygen atoms in total. The molecule has 0 N–H and O–H groups in total. The molecular weight excluding hydrogens is 250 g/mol. The van der Waals surface area contributed by atoms with Gasteiger partial charge in [0.2, 0.25) is 0 Å². The van der Waals surface area contributed by atoms with Crippen molar-refractivity contribution in [3.8, 4) is 0 Å². The summed E-state index contributed by atoms with van der Waals surface area (Å²) in [6.07, 6.45) is 0. The zero-order valence-electron chi connectivity index (χ0n) is 11.4. The van der Waals surface area contributed by atoms with Crippen LogP contribution in [-0.2, 0) is 16.1 Å². The molecule has 1 aromatic carbocycles. The molecule has 0 aromatic heterocycles. The molecule has 0 atom stereocenters. The first-order valence-corrected chi connectivity index (χ1v) is 5.74. The Balaban J connectivity index is 3.08. The van der Waals surface area contributed by atoms with Crippen LogP contribution in [0.25, 0.3) is 0 Å². The maximum absolute atomic E-state index is 11.8. The third-order valence-electron chi connectivity index (χ3n) is 2.22. The number of hydrogen-bond donors (Lipinski definition) is 0. The fraction of sp³-hybridized carbons (Fsp3) is 0.462. The van der Waals surface area contributed by atoms with E-state index in [4.69, 9.17) is 9.47 Å². The molecule has 0 fully saturated rings. The Hall–Kier alpha value is -1.95. The largest absolute Gasteiger partial charge is 0.456 e. The van der Waals surface area contributed by atoms with Crippen molar-refractivity contribution in [1.29, 1.82) is 0 Å². The number of carbonyl (C=O) groups excluding carboxylic acids is 1. The van der Waals surface area contributed by atoms with Gasteiger partial charge in [0.15, 0.2) is 0 Å². The van der Waals surface area contributed by atoms with Crippen LogP contribution < -0.4 is 0 Å². The predicted molar refractivity (Wildman–Crippen MR) is 69.0 cm³/mol. The number of ether oxygens (including phenoxy) is 2. The van der Waals surface area contributed by atoms with Gasteiger partial charge in [-0.2, -0.15) is 0 Å². The summed E-state index contributed by atoms with van der Waals surface area (Å²) in [7, 11) is 1.45. The summed E-state index contributed by atoms with van der Waals surface area (Å²) in [4.78, 5) is 22.2. The second kappa shape index (κ2) is 5.79. The molecule has 0 unspecified atom stereocenters. The van der Waals surface area contributed by atoms with Crippen molar-refractivity contribution >= 4 is 11.7 Å². The van der Waals surface area contributed by atoms with Crippen LogP contribution in [0.1, 0.15) is 36.7 Å². The van der Waals surface area contributed by atoms with Gasteiger partial charge in [0.25, 0.3) is 5.69 Å². The number of rotatable bonds is 4. The van der Waals surface area contributed by atoms with E-state index in [1.54, 1.807) is 20.8 Å². The van der Waals surface area contributed by atoms with Crippen molar-refractivity contribution in [1.82, 2.24) is 0 Å². The summed E-state index contributed by atoms with van der Waals surface area (Å²) in [6.45, 7) is 5.32. The lowest BCUT2D eigenvalue weighted by Crippen LogP contribution is -2.24. The highest BCUT2D eigenvalue weighted by atomic mass is 16.6. The van der Waals surface area contributed by atoms with Crippen LogP contribution in [0.3, 0.4) is 0 Å². The lowest BCUT2D eigenvalue weighted by molar-refractivity contribution is -0.385. The number of nitro benzene ring substituents is 1. The number of methoxy groups -OCH3 is 1. The third-order valence-corrected chi connectivity index (χ3v) is 2.22. The second-order valence-corrected chi connectivity index (χ2v) is 5.04. The smallest absolute Gasteiger partial charge is 0.338 e. The molecule has 19 heavy (non-hydrogen) atoms. The number of carbonyl (C=O) groups is 1. The minimum atomic E-state index is -0.642. The predicted octanol–water partition coefficient (Wildman–Crippen LogP) is 2.70. The average molecular weight is 267 g/mol. The lowest BCUT2D eigenvalue weighted by atomic mass is 10.1. The first kappa shape index (κ1) is 15.1. The number of nitro groups is 1. The third kappa shape index (κ3) is 4.33. The Labute approximate surface area is 111 Å². The molecule has 0 aliphatic rings. The second-order valence-electron chi connectivity index (χ2n) is 5.04. The van der Waals surface area contributed by atoms with Crippen LogP contribution in [0, 0.1) is 10.1 Å². The Morgan fingerprint density at radius 2 is 2.00 bits per heavy atom. The molecule has 1 aromatic rings. The van der Waals surface area contributed by atoms with Crippen LogP contribution in [-0.4, -0.2) is 23.6 Å². The summed E-state index contributed by atoms with van der Waals surface area (Å²) in [5, 5.41) is 11.0. The minimum Gasteiger partial charge on any atom is -0.456 e. The average Bonchev–Trinajstić information content (AvgIpc) is 2.27. The van der Waals surface area contributed by atoms with Gasteiger partial charge in [0.05, 0.1) is 22.7 Å². The van der Waals surface area contributed by atoms with Crippen molar-refractivity contribution in [3.63, 3.8) is 0 Å². The highest BCUT2D eigenvalue weighted by Gasteiger charge is 2.21. The summed E-state index contributed by atoms with van der Waals surface area (Å²) in [5.41, 5.74) is -0.219. The fourth-order valence-electron chi connectivity index (χ4n) is 1.48. The van der Waals surface area contributed by atoms with Gasteiger partial charge in [-0.05, 0) is 32.9 Å². The molecular formula is C13H17NO5. The van der Waals surface area contributed by atoms with Crippen molar-refractivity contribution in [2.45, 2.75) is 33.0 Å². The Kier molecular flexibility index (Phi) is 4.61. The number of benzene rings is 1. The van der Waals surface area contributed by atoms with E-state index in [0.29, 0.717) is 5.56 Å². The zero-order chi connectivity index (χ0) is 14.6. The van der Waals surface area contributed by atoms with Crippen LogP contribution in [0.5, 0.6) is 0 Å². The van der Waals surface area contributed by atoms with Crippen molar-refractivity contribution in [2.75, 3.05) is 7.11 Å². The van der Waals surface area contributed by atoms with Crippen molar-refractivity contribution in [3.05, 3.63) is 39.4 Å². The summed E-state index contributed by atoms with van der Waals surface area (Å²) < 4.78 is 10.0. The van der Waals surface area contributed by atoms with Crippen LogP contribution in [0.2, 0.25) is 0 Å². The lowest BCUT2D eigenvalue weighted by Gasteiger charge is -2.19.